The van der Waals surface area contributed by atoms with Crippen molar-refractivity contribution in [3.05, 3.63) is 29.1 Å². The molecule has 148 valence electrons. The van der Waals surface area contributed by atoms with E-state index in [0.717, 1.165) is 17.0 Å². The lowest BCUT2D eigenvalue weighted by atomic mass is 10.1. The van der Waals surface area contributed by atoms with E-state index in [0.29, 0.717) is 30.5 Å². The molecule has 1 saturated heterocycles. The average Bonchev–Trinajstić information content (AvgIpc) is 2.96. The number of thiazole rings is 1. The van der Waals surface area contributed by atoms with Gasteiger partial charge in [0.25, 0.3) is 0 Å². The lowest BCUT2D eigenvalue weighted by Gasteiger charge is -2.22. The molecule has 0 radical (unpaired) electrons. The minimum atomic E-state index is -2.85. The summed E-state index contributed by atoms with van der Waals surface area (Å²) in [6, 6.07) is 6.26. The van der Waals surface area contributed by atoms with E-state index in [4.69, 9.17) is 4.74 Å². The minimum Gasteiger partial charge on any atom is -0.435 e. The number of alkyl halides is 2. The van der Waals surface area contributed by atoms with Crippen LogP contribution >= 0.6 is 23.7 Å². The Balaban J connectivity index is 0.00000261. The van der Waals surface area contributed by atoms with Crippen LogP contribution in [0.25, 0.3) is 11.3 Å². The number of aromatic nitrogens is 1. The van der Waals surface area contributed by atoms with Gasteiger partial charge in [-0.3, -0.25) is 4.79 Å². The number of hydrogen-bond donors (Lipinski definition) is 2. The van der Waals surface area contributed by atoms with Gasteiger partial charge in [0.1, 0.15) is 5.75 Å². The van der Waals surface area contributed by atoms with E-state index < -0.39 is 6.61 Å². The third kappa shape index (κ3) is 6.10. The van der Waals surface area contributed by atoms with E-state index in [-0.39, 0.29) is 30.1 Å². The van der Waals surface area contributed by atoms with Crippen LogP contribution in [0.2, 0.25) is 0 Å². The highest BCUT2D eigenvalue weighted by Gasteiger charge is 2.18. The highest BCUT2D eigenvalue weighted by Crippen LogP contribution is 2.31. The van der Waals surface area contributed by atoms with Crippen molar-refractivity contribution in [2.24, 2.45) is 0 Å². The summed E-state index contributed by atoms with van der Waals surface area (Å²) in [6.07, 6.45) is 0.313. The van der Waals surface area contributed by atoms with Crippen LogP contribution in [-0.2, 0) is 9.53 Å². The van der Waals surface area contributed by atoms with Gasteiger partial charge in [0.05, 0.1) is 18.9 Å². The van der Waals surface area contributed by atoms with Crippen molar-refractivity contribution in [2.75, 3.05) is 25.1 Å². The summed E-state index contributed by atoms with van der Waals surface area (Å²) in [4.78, 5) is 17.5. The zero-order chi connectivity index (χ0) is 18.5. The molecule has 1 amide bonds. The van der Waals surface area contributed by atoms with Gasteiger partial charge in [0.15, 0.2) is 5.13 Å². The van der Waals surface area contributed by atoms with Gasteiger partial charge in [-0.2, -0.15) is 8.78 Å². The quantitative estimate of drug-likeness (QED) is 0.750. The zero-order valence-corrected chi connectivity index (χ0v) is 16.2. The smallest absolute Gasteiger partial charge is 0.387 e. The molecule has 1 aromatic heterocycles. The van der Waals surface area contributed by atoms with Gasteiger partial charge in [0.2, 0.25) is 5.91 Å². The molecule has 10 heteroatoms. The largest absolute Gasteiger partial charge is 0.435 e. The number of carbonyl (C=O) groups is 1. The molecule has 0 saturated carbocycles. The molecule has 27 heavy (non-hydrogen) atoms. The standard InChI is InChI=1S/C17H19F2N3O3S.ClH/c1-10-15(11-2-4-13(5-3-11)25-16(18)19)22-17(26-10)21-14(23)8-12-9-24-7-6-20-12;/h2-5,12,16,20H,6-9H2,1H3,(H,21,22,23);1H. The Morgan fingerprint density at radius 3 is 2.81 bits per heavy atom. The van der Waals surface area contributed by atoms with Gasteiger partial charge in [-0.25, -0.2) is 4.98 Å². The van der Waals surface area contributed by atoms with Crippen LogP contribution in [0, 0.1) is 6.92 Å². The van der Waals surface area contributed by atoms with Gasteiger partial charge in [-0.15, -0.1) is 23.7 Å². The van der Waals surface area contributed by atoms with Crippen LogP contribution in [0.5, 0.6) is 5.75 Å². The van der Waals surface area contributed by atoms with Crippen molar-refractivity contribution in [1.82, 2.24) is 10.3 Å². The Bertz CT molecular complexity index is 752. The highest BCUT2D eigenvalue weighted by molar-refractivity contribution is 7.16. The van der Waals surface area contributed by atoms with E-state index in [1.807, 2.05) is 6.92 Å². The molecule has 2 heterocycles. The second-order valence-electron chi connectivity index (χ2n) is 5.80. The van der Waals surface area contributed by atoms with E-state index in [1.165, 1.54) is 23.5 Å². The summed E-state index contributed by atoms with van der Waals surface area (Å²) < 4.78 is 34.1. The number of aryl methyl sites for hydroxylation is 1. The molecule has 3 rings (SSSR count). The number of hydrogen-bond acceptors (Lipinski definition) is 6. The van der Waals surface area contributed by atoms with Crippen LogP contribution in [0.4, 0.5) is 13.9 Å². The molecule has 1 aromatic carbocycles. The Kier molecular flexibility index (Phi) is 7.91. The molecule has 2 aromatic rings. The van der Waals surface area contributed by atoms with Crippen molar-refractivity contribution in [3.63, 3.8) is 0 Å². The predicted molar refractivity (Wildman–Crippen MR) is 102 cm³/mol. The van der Waals surface area contributed by atoms with Crippen molar-refractivity contribution in [1.29, 1.82) is 0 Å². The predicted octanol–water partition coefficient (Wildman–Crippen LogP) is 3.46. The monoisotopic (exact) mass is 419 g/mol. The number of anilines is 1. The van der Waals surface area contributed by atoms with Gasteiger partial charge < -0.3 is 20.1 Å². The number of rotatable bonds is 6. The summed E-state index contributed by atoms with van der Waals surface area (Å²) in [5.41, 5.74) is 1.47. The van der Waals surface area contributed by atoms with Gasteiger partial charge in [-0.05, 0) is 31.2 Å². The number of carbonyl (C=O) groups excluding carboxylic acids is 1. The Morgan fingerprint density at radius 1 is 1.44 bits per heavy atom. The molecule has 6 nitrogen and oxygen atoms in total. The maximum Gasteiger partial charge on any atom is 0.387 e. The number of ether oxygens (including phenoxy) is 2. The van der Waals surface area contributed by atoms with Crippen molar-refractivity contribution in [3.8, 4) is 17.0 Å². The third-order valence-electron chi connectivity index (χ3n) is 3.83. The molecular weight excluding hydrogens is 400 g/mol. The maximum atomic E-state index is 12.2. The van der Waals surface area contributed by atoms with Gasteiger partial charge in [0, 0.05) is 29.4 Å². The highest BCUT2D eigenvalue weighted by atomic mass is 35.5. The number of halogens is 3. The molecule has 1 unspecified atom stereocenters. The maximum absolute atomic E-state index is 12.2. The average molecular weight is 420 g/mol. The van der Waals surface area contributed by atoms with Gasteiger partial charge >= 0.3 is 6.61 Å². The lowest BCUT2D eigenvalue weighted by Crippen LogP contribution is -2.43. The molecule has 1 aliphatic rings. The molecule has 0 aliphatic carbocycles. The summed E-state index contributed by atoms with van der Waals surface area (Å²) in [5.74, 6) is -0.0404. The van der Waals surface area contributed by atoms with E-state index in [9.17, 15) is 13.6 Å². The molecule has 0 spiro atoms. The van der Waals surface area contributed by atoms with Crippen LogP contribution in [-0.4, -0.2) is 43.3 Å². The van der Waals surface area contributed by atoms with Crippen LogP contribution in [0.1, 0.15) is 11.3 Å². The van der Waals surface area contributed by atoms with Crippen LogP contribution < -0.4 is 15.4 Å². The fourth-order valence-corrected chi connectivity index (χ4v) is 3.51. The first-order valence-electron chi connectivity index (χ1n) is 8.15. The normalized spacial score (nSPS) is 16.7. The number of nitrogens with zero attached hydrogens (tertiary/aromatic N) is 1. The SMILES string of the molecule is Cc1sc(NC(=O)CC2COCCN2)nc1-c1ccc(OC(F)F)cc1.Cl. The second kappa shape index (κ2) is 9.93. The summed E-state index contributed by atoms with van der Waals surface area (Å²) in [5, 5.41) is 6.54. The molecule has 2 N–H and O–H groups in total. The number of nitrogens with one attached hydrogen (secondary N) is 2. The second-order valence-corrected chi connectivity index (χ2v) is 7.01. The molecule has 1 atom stereocenters. The molecule has 1 aliphatic heterocycles. The summed E-state index contributed by atoms with van der Waals surface area (Å²) in [6.45, 7) is 0.955. The van der Waals surface area contributed by atoms with Gasteiger partial charge in [-0.1, -0.05) is 0 Å². The summed E-state index contributed by atoms with van der Waals surface area (Å²) >= 11 is 1.37. The first kappa shape index (κ1) is 21.5. The topological polar surface area (TPSA) is 72.5 Å². The van der Waals surface area contributed by atoms with Crippen LogP contribution in [0.3, 0.4) is 0 Å². The first-order chi connectivity index (χ1) is 12.5. The fourth-order valence-electron chi connectivity index (χ4n) is 2.66. The fraction of sp³-hybridized carbons (Fsp3) is 0.412. The van der Waals surface area contributed by atoms with E-state index >= 15 is 0 Å². The zero-order valence-electron chi connectivity index (χ0n) is 14.5. The number of morpholine rings is 1. The Morgan fingerprint density at radius 2 is 2.19 bits per heavy atom. The minimum absolute atomic E-state index is 0. The van der Waals surface area contributed by atoms with E-state index in [2.05, 4.69) is 20.4 Å². The Hall–Kier alpha value is -1.81. The summed E-state index contributed by atoms with van der Waals surface area (Å²) in [7, 11) is 0. The van der Waals surface area contributed by atoms with Crippen molar-refractivity contribution >= 4 is 34.8 Å². The van der Waals surface area contributed by atoms with Crippen molar-refractivity contribution in [2.45, 2.75) is 26.0 Å². The Labute approximate surface area is 165 Å². The van der Waals surface area contributed by atoms with E-state index in [1.54, 1.807) is 12.1 Å². The number of amides is 1. The molecule has 0 bridgehead atoms. The molecule has 1 fully saturated rings. The molecular formula is C17H20ClF2N3O3S. The van der Waals surface area contributed by atoms with Crippen molar-refractivity contribution < 1.29 is 23.0 Å². The number of benzene rings is 1. The first-order valence-corrected chi connectivity index (χ1v) is 8.96. The third-order valence-corrected chi connectivity index (χ3v) is 4.71. The lowest BCUT2D eigenvalue weighted by molar-refractivity contribution is -0.117. The van der Waals surface area contributed by atoms with Crippen LogP contribution in [0.15, 0.2) is 24.3 Å².